The molecule has 2 rings (SSSR count). The lowest BCUT2D eigenvalue weighted by Crippen LogP contribution is -2.60. The molecule has 0 aromatic rings. The van der Waals surface area contributed by atoms with Crippen LogP contribution in [0, 0.1) is 17.3 Å². The Morgan fingerprint density at radius 3 is 2.11 bits per heavy atom. The van der Waals surface area contributed by atoms with Gasteiger partial charge >= 0.3 is 6.03 Å². The molecule has 0 aromatic carbocycles. The van der Waals surface area contributed by atoms with E-state index in [1.165, 1.54) is 4.90 Å². The van der Waals surface area contributed by atoms with E-state index in [-0.39, 0.29) is 30.3 Å². The molecule has 2 fully saturated rings. The number of Topliss-reactive ketones (excluding diaryl/α,β-unsaturated/α-hetero) is 1. The monoisotopic (exact) mass is 508 g/mol. The van der Waals surface area contributed by atoms with E-state index in [2.05, 4.69) is 16.0 Å². The van der Waals surface area contributed by atoms with Crippen molar-refractivity contribution in [1.82, 2.24) is 25.8 Å². The van der Waals surface area contributed by atoms with E-state index in [4.69, 9.17) is 5.73 Å². The highest BCUT2D eigenvalue weighted by Gasteiger charge is 2.47. The van der Waals surface area contributed by atoms with Crippen LogP contribution in [0.25, 0.3) is 0 Å². The first-order valence-corrected chi connectivity index (χ1v) is 12.4. The largest absolute Gasteiger partial charge is 0.363 e. The summed E-state index contributed by atoms with van der Waals surface area (Å²) in [6.45, 7) is 8.80. The number of nitrogens with two attached hydrogens (primary N) is 1. The van der Waals surface area contributed by atoms with Crippen LogP contribution in [0.5, 0.6) is 0 Å². The second-order valence-corrected chi connectivity index (χ2v) is 11.0. The van der Waals surface area contributed by atoms with Gasteiger partial charge in [-0.1, -0.05) is 34.6 Å². The molecule has 6 amide bonds. The van der Waals surface area contributed by atoms with Gasteiger partial charge < -0.3 is 31.5 Å². The zero-order valence-electron chi connectivity index (χ0n) is 22.1. The molecular weight excluding hydrogens is 468 g/mol. The van der Waals surface area contributed by atoms with Crippen LogP contribution in [-0.2, 0) is 24.0 Å². The highest BCUT2D eigenvalue weighted by Crippen LogP contribution is 2.33. The quantitative estimate of drug-likeness (QED) is 0.286. The lowest BCUT2D eigenvalue weighted by molar-refractivity contribution is -0.143. The van der Waals surface area contributed by atoms with Gasteiger partial charge in [0.1, 0.15) is 12.1 Å². The Morgan fingerprint density at radius 2 is 1.61 bits per heavy atom. The molecule has 5 N–H and O–H groups in total. The maximum absolute atomic E-state index is 13.7. The van der Waals surface area contributed by atoms with Gasteiger partial charge in [-0.05, 0) is 36.5 Å². The van der Waals surface area contributed by atoms with Crippen molar-refractivity contribution >= 4 is 35.4 Å². The molecule has 1 aliphatic carbocycles. The Hall–Kier alpha value is -3.18. The smallest absolute Gasteiger partial charge is 0.315 e. The third kappa shape index (κ3) is 7.41. The normalized spacial score (nSPS) is 20.5. The fourth-order valence-electron chi connectivity index (χ4n) is 4.40. The number of carbonyl (C=O) groups is 6. The Labute approximate surface area is 212 Å². The van der Waals surface area contributed by atoms with Crippen molar-refractivity contribution in [2.45, 2.75) is 72.0 Å². The number of likely N-dealkylation sites (N-methyl/N-ethyl adjacent to an activating group) is 1. The Kier molecular flexibility index (Phi) is 9.44. The maximum Gasteiger partial charge on any atom is 0.315 e. The van der Waals surface area contributed by atoms with E-state index in [1.54, 1.807) is 32.7 Å². The fourth-order valence-corrected chi connectivity index (χ4v) is 4.40. The van der Waals surface area contributed by atoms with Crippen molar-refractivity contribution in [3.63, 3.8) is 0 Å². The van der Waals surface area contributed by atoms with Crippen molar-refractivity contribution < 1.29 is 28.8 Å². The van der Waals surface area contributed by atoms with E-state index >= 15 is 0 Å². The molecule has 3 atom stereocenters. The van der Waals surface area contributed by atoms with Gasteiger partial charge in [0.15, 0.2) is 0 Å². The van der Waals surface area contributed by atoms with Crippen LogP contribution >= 0.6 is 0 Å². The number of nitrogens with zero attached hydrogens (tertiary/aromatic N) is 2. The number of hydrogen-bond acceptors (Lipinski definition) is 6. The minimum Gasteiger partial charge on any atom is -0.363 e. The number of likely N-dealkylation sites (tertiary alicyclic amines) is 1. The van der Waals surface area contributed by atoms with Gasteiger partial charge in [-0.15, -0.1) is 0 Å². The molecule has 0 spiro atoms. The van der Waals surface area contributed by atoms with Crippen LogP contribution in [0.2, 0.25) is 0 Å². The number of hydrogen-bond donors (Lipinski definition) is 4. The van der Waals surface area contributed by atoms with E-state index in [0.29, 0.717) is 13.0 Å². The molecule has 2 aliphatic rings. The third-order valence-electron chi connectivity index (χ3n) is 6.83. The highest BCUT2D eigenvalue weighted by atomic mass is 16.2. The van der Waals surface area contributed by atoms with Crippen molar-refractivity contribution in [1.29, 1.82) is 0 Å². The second-order valence-electron chi connectivity index (χ2n) is 11.0. The molecule has 0 aromatic heterocycles. The lowest BCUT2D eigenvalue weighted by atomic mass is 9.84. The predicted molar refractivity (Wildman–Crippen MR) is 131 cm³/mol. The molecule has 1 saturated heterocycles. The standard InChI is InChI=1S/C24H40N6O6/c1-13(2)15-9-10-30(18(15)21(34)26-11-16(31)20(25)33)22(35)19(24(3,4)5)28-23(36)27-12-17(32)29(6)14-7-8-14/h13-15,18-19H,7-12H2,1-6H3,(H2,25,33)(H,26,34)(H2,27,28,36)/t15-,18+,19-/m1/s1. The third-order valence-corrected chi connectivity index (χ3v) is 6.83. The van der Waals surface area contributed by atoms with E-state index in [1.807, 2.05) is 13.8 Å². The highest BCUT2D eigenvalue weighted by molar-refractivity contribution is 6.36. The number of nitrogens with one attached hydrogen (secondary N) is 3. The first kappa shape index (κ1) is 29.1. The van der Waals surface area contributed by atoms with Crippen LogP contribution in [0.3, 0.4) is 0 Å². The zero-order valence-corrected chi connectivity index (χ0v) is 22.1. The van der Waals surface area contributed by atoms with Crippen LogP contribution in [0.15, 0.2) is 0 Å². The van der Waals surface area contributed by atoms with Crippen molar-refractivity contribution in [2.75, 3.05) is 26.7 Å². The summed E-state index contributed by atoms with van der Waals surface area (Å²) in [7, 11) is 1.70. The molecular formula is C24H40N6O6. The first-order valence-electron chi connectivity index (χ1n) is 12.4. The summed E-state index contributed by atoms with van der Waals surface area (Å²) in [6, 6.07) is -2.30. The van der Waals surface area contributed by atoms with E-state index < -0.39 is 53.6 Å². The predicted octanol–water partition coefficient (Wildman–Crippen LogP) is -0.635. The summed E-state index contributed by atoms with van der Waals surface area (Å²) < 4.78 is 0. The molecule has 0 bridgehead atoms. The van der Waals surface area contributed by atoms with E-state index in [0.717, 1.165) is 12.8 Å². The number of urea groups is 1. The second kappa shape index (κ2) is 11.7. The molecule has 1 aliphatic heterocycles. The summed E-state index contributed by atoms with van der Waals surface area (Å²) in [6.07, 6.45) is 2.47. The average molecular weight is 509 g/mol. The molecule has 12 heteroatoms. The fraction of sp³-hybridized carbons (Fsp3) is 0.750. The van der Waals surface area contributed by atoms with Gasteiger partial charge in [0.05, 0.1) is 13.1 Å². The average Bonchev–Trinajstić information content (AvgIpc) is 3.54. The van der Waals surface area contributed by atoms with Crippen LogP contribution in [0.4, 0.5) is 4.79 Å². The summed E-state index contributed by atoms with van der Waals surface area (Å²) in [5.74, 6) is -3.42. The van der Waals surface area contributed by atoms with Crippen molar-refractivity contribution in [3.05, 3.63) is 0 Å². The Bertz CT molecular complexity index is 894. The topological polar surface area (TPSA) is 171 Å². The van der Waals surface area contributed by atoms with Gasteiger partial charge in [-0.3, -0.25) is 24.0 Å². The minimum atomic E-state index is -1.15. The molecule has 12 nitrogen and oxygen atoms in total. The van der Waals surface area contributed by atoms with Crippen LogP contribution < -0.4 is 21.7 Å². The van der Waals surface area contributed by atoms with Crippen molar-refractivity contribution in [2.24, 2.45) is 23.0 Å². The number of ketones is 1. The van der Waals surface area contributed by atoms with Gasteiger partial charge in [0.2, 0.25) is 23.5 Å². The summed E-state index contributed by atoms with van der Waals surface area (Å²) >= 11 is 0. The van der Waals surface area contributed by atoms with E-state index in [9.17, 15) is 28.8 Å². The maximum atomic E-state index is 13.7. The van der Waals surface area contributed by atoms with Gasteiger partial charge in [0.25, 0.3) is 5.91 Å². The van der Waals surface area contributed by atoms with Gasteiger partial charge in [-0.2, -0.15) is 0 Å². The van der Waals surface area contributed by atoms with Crippen LogP contribution in [-0.4, -0.2) is 90.1 Å². The minimum absolute atomic E-state index is 0.0594. The van der Waals surface area contributed by atoms with Crippen molar-refractivity contribution in [3.8, 4) is 0 Å². The molecule has 36 heavy (non-hydrogen) atoms. The Morgan fingerprint density at radius 1 is 1.00 bits per heavy atom. The molecule has 0 radical (unpaired) electrons. The molecule has 0 unspecified atom stereocenters. The number of carbonyl (C=O) groups excluding carboxylic acids is 6. The lowest BCUT2D eigenvalue weighted by Gasteiger charge is -2.36. The summed E-state index contributed by atoms with van der Waals surface area (Å²) in [4.78, 5) is 77.3. The van der Waals surface area contributed by atoms with Gasteiger partial charge in [0, 0.05) is 19.6 Å². The summed E-state index contributed by atoms with van der Waals surface area (Å²) in [5, 5.41) is 7.63. The number of amides is 6. The SMILES string of the molecule is CC(C)[C@H]1CCN(C(=O)[C@@H](NC(=O)NCC(=O)N(C)C2CC2)C(C)(C)C)[C@@H]1C(=O)NCC(=O)C(N)=O. The molecule has 202 valence electrons. The zero-order chi connectivity index (χ0) is 27.4. The Balaban J connectivity index is 2.13. The first-order chi connectivity index (χ1) is 16.6. The molecule has 1 saturated carbocycles. The van der Waals surface area contributed by atoms with Crippen LogP contribution in [0.1, 0.15) is 53.9 Å². The van der Waals surface area contributed by atoms with Gasteiger partial charge in [-0.25, -0.2) is 4.79 Å². The number of primary amides is 1. The molecule has 1 heterocycles. The summed E-state index contributed by atoms with van der Waals surface area (Å²) in [5.41, 5.74) is 4.26. The number of rotatable bonds is 10.